The highest BCUT2D eigenvalue weighted by atomic mass is 15.1. The fourth-order valence-corrected chi connectivity index (χ4v) is 14.6. The summed E-state index contributed by atoms with van der Waals surface area (Å²) in [6.45, 7) is 0. The van der Waals surface area contributed by atoms with Gasteiger partial charge in [-0.2, -0.15) is 0 Å². The summed E-state index contributed by atoms with van der Waals surface area (Å²) >= 11 is 0. The number of hydrogen-bond acceptors (Lipinski definition) is 2. The molecular weight excluding hydrogens is 1140 g/mol. The quantitative estimate of drug-likeness (QED) is 0.122. The third-order valence-electron chi connectivity index (χ3n) is 19.0. The Hall–Kier alpha value is -12.5. The van der Waals surface area contributed by atoms with Gasteiger partial charge in [0.15, 0.2) is 0 Å². The van der Waals surface area contributed by atoms with Crippen LogP contribution in [0.5, 0.6) is 0 Å². The number of imidazole rings is 2. The van der Waals surface area contributed by atoms with Gasteiger partial charge in [-0.1, -0.05) is 303 Å². The molecule has 0 amide bonds. The van der Waals surface area contributed by atoms with Gasteiger partial charge in [-0.05, 0) is 171 Å². The van der Waals surface area contributed by atoms with Gasteiger partial charge in [-0.15, -0.1) is 0 Å². The van der Waals surface area contributed by atoms with Crippen LogP contribution in [0.4, 0.5) is 0 Å². The van der Waals surface area contributed by atoms with Crippen molar-refractivity contribution in [3.05, 3.63) is 352 Å². The van der Waals surface area contributed by atoms with E-state index in [1.807, 2.05) is 0 Å². The van der Waals surface area contributed by atoms with E-state index >= 15 is 0 Å². The molecule has 15 aromatic carbocycles. The molecule has 94 heavy (non-hydrogen) atoms. The Labute approximate surface area is 545 Å². The second-order valence-electron chi connectivity index (χ2n) is 24.3. The predicted molar refractivity (Wildman–Crippen MR) is 392 cm³/mol. The Kier molecular flexibility index (Phi) is 13.2. The summed E-state index contributed by atoms with van der Waals surface area (Å²) < 4.78 is 4.53. The first kappa shape index (κ1) is 54.4. The monoisotopic (exact) mass is 1190 g/mol. The van der Waals surface area contributed by atoms with Gasteiger partial charge in [-0.25, -0.2) is 9.97 Å². The molecule has 0 bridgehead atoms. The van der Waals surface area contributed by atoms with Gasteiger partial charge in [0.2, 0.25) is 0 Å². The van der Waals surface area contributed by atoms with E-state index in [0.29, 0.717) is 0 Å². The topological polar surface area (TPSA) is 35.6 Å². The Morgan fingerprint density at radius 1 is 0.181 bits per heavy atom. The van der Waals surface area contributed by atoms with Crippen molar-refractivity contribution in [3.8, 4) is 145 Å². The lowest BCUT2D eigenvalue weighted by molar-refractivity contribution is 1.10. The fourth-order valence-electron chi connectivity index (χ4n) is 14.6. The van der Waals surface area contributed by atoms with Crippen LogP contribution in [-0.2, 0) is 0 Å². The van der Waals surface area contributed by atoms with E-state index in [0.717, 1.165) is 101 Å². The molecule has 0 saturated carbocycles. The third kappa shape index (κ3) is 9.22. The van der Waals surface area contributed by atoms with Gasteiger partial charge in [0, 0.05) is 22.5 Å². The number of para-hydroxylation sites is 6. The van der Waals surface area contributed by atoms with Crippen LogP contribution in [0, 0.1) is 0 Å². The van der Waals surface area contributed by atoms with E-state index < -0.39 is 0 Å². The Balaban J connectivity index is 0.816. The fraction of sp³-hybridized carbons (Fsp3) is 0. The molecule has 0 atom stereocenters. The van der Waals surface area contributed by atoms with Crippen LogP contribution >= 0.6 is 0 Å². The zero-order valence-corrected chi connectivity index (χ0v) is 51.3. The second-order valence-corrected chi connectivity index (χ2v) is 24.3. The molecule has 4 nitrogen and oxygen atoms in total. The van der Waals surface area contributed by atoms with Gasteiger partial charge in [-0.3, -0.25) is 9.13 Å². The minimum atomic E-state index is 0.913. The zero-order valence-electron chi connectivity index (χ0n) is 51.3. The summed E-state index contributed by atoms with van der Waals surface area (Å²) in [5.74, 6) is 1.83. The van der Waals surface area contributed by atoms with Crippen LogP contribution in [0.1, 0.15) is 0 Å². The standard InChI is InChI=1S/C90H58N4/c1-6-21-59(22-7-1)60-37-47-65(48-38-60)74-57-58-77-86-75(74)31-20-32-76(86)87-84(66-23-8-2-9-24-66)82(68-49-39-61(40-50-68)63-43-53-70(54-44-63)89-91-78-33-16-18-35-80(78)93(89)72-27-12-4-13-28-72)83(85(88(77)87)67-25-10-3-11-26-67)69-51-41-62(42-52-69)64-45-55-71(56-46-64)90-92-79-34-17-19-36-81(79)94(90)73-29-14-5-15-30-73/h1-58H. The third-order valence-corrected chi connectivity index (χ3v) is 19.0. The van der Waals surface area contributed by atoms with E-state index in [4.69, 9.17) is 9.97 Å². The van der Waals surface area contributed by atoms with Crippen molar-refractivity contribution in [1.29, 1.82) is 0 Å². The summed E-state index contributed by atoms with van der Waals surface area (Å²) in [7, 11) is 0. The maximum atomic E-state index is 5.19. The molecule has 2 aromatic heterocycles. The lowest BCUT2D eigenvalue weighted by Crippen LogP contribution is -1.99. The number of benzene rings is 15. The van der Waals surface area contributed by atoms with Crippen molar-refractivity contribution in [2.45, 2.75) is 0 Å². The molecule has 17 aromatic rings. The molecular formula is C90H58N4. The average molecular weight is 1200 g/mol. The first-order chi connectivity index (χ1) is 46.6. The van der Waals surface area contributed by atoms with Gasteiger partial charge >= 0.3 is 0 Å². The average Bonchev–Trinajstić information content (AvgIpc) is 1.49. The van der Waals surface area contributed by atoms with Crippen LogP contribution in [0.2, 0.25) is 0 Å². The normalized spacial score (nSPS) is 11.6. The van der Waals surface area contributed by atoms with Crippen molar-refractivity contribution < 1.29 is 0 Å². The summed E-state index contributed by atoms with van der Waals surface area (Å²) in [5, 5.41) is 2.51. The van der Waals surface area contributed by atoms with Crippen molar-refractivity contribution >= 4 is 32.8 Å². The second kappa shape index (κ2) is 22.8. The van der Waals surface area contributed by atoms with E-state index in [2.05, 4.69) is 361 Å². The van der Waals surface area contributed by atoms with Crippen LogP contribution in [-0.4, -0.2) is 19.1 Å². The summed E-state index contributed by atoms with van der Waals surface area (Å²) in [4.78, 5) is 10.4. The molecule has 0 unspecified atom stereocenters. The highest BCUT2D eigenvalue weighted by molar-refractivity contribution is 6.27. The van der Waals surface area contributed by atoms with Gasteiger partial charge in [0.25, 0.3) is 0 Å². The lowest BCUT2D eigenvalue weighted by Gasteiger charge is -2.26. The number of rotatable bonds is 12. The smallest absolute Gasteiger partial charge is 0.145 e. The first-order valence-corrected chi connectivity index (χ1v) is 32.2. The van der Waals surface area contributed by atoms with Gasteiger partial charge in [0.1, 0.15) is 11.6 Å². The summed E-state index contributed by atoms with van der Waals surface area (Å²) in [6.07, 6.45) is 0. The number of fused-ring (bicyclic) bond motifs is 5. The molecule has 438 valence electrons. The van der Waals surface area contributed by atoms with Crippen molar-refractivity contribution in [2.75, 3.05) is 0 Å². The van der Waals surface area contributed by atoms with Crippen LogP contribution in [0.25, 0.3) is 178 Å². The van der Waals surface area contributed by atoms with E-state index in [1.165, 1.54) is 77.5 Å². The van der Waals surface area contributed by atoms with Crippen LogP contribution in [0.3, 0.4) is 0 Å². The van der Waals surface area contributed by atoms with Gasteiger partial charge < -0.3 is 0 Å². The predicted octanol–water partition coefficient (Wildman–Crippen LogP) is 23.8. The molecule has 2 heterocycles. The molecule has 1 aliphatic carbocycles. The minimum absolute atomic E-state index is 0.913. The molecule has 0 fully saturated rings. The maximum absolute atomic E-state index is 5.19. The van der Waals surface area contributed by atoms with Gasteiger partial charge in [0.05, 0.1) is 22.1 Å². The van der Waals surface area contributed by atoms with E-state index in [-0.39, 0.29) is 0 Å². The zero-order chi connectivity index (χ0) is 62.1. The summed E-state index contributed by atoms with van der Waals surface area (Å²) in [6, 6.07) is 128. The van der Waals surface area contributed by atoms with E-state index in [9.17, 15) is 0 Å². The molecule has 4 heteroatoms. The summed E-state index contributed by atoms with van der Waals surface area (Å²) in [5.41, 5.74) is 32.1. The molecule has 0 saturated heterocycles. The number of nitrogens with zero attached hydrogens (tertiary/aromatic N) is 4. The highest BCUT2D eigenvalue weighted by Crippen LogP contribution is 2.61. The largest absolute Gasteiger partial charge is 0.292 e. The van der Waals surface area contributed by atoms with Crippen LogP contribution in [0.15, 0.2) is 352 Å². The molecule has 0 radical (unpaired) electrons. The Morgan fingerprint density at radius 2 is 0.468 bits per heavy atom. The molecule has 0 spiro atoms. The SMILES string of the molecule is c1ccc(-c2ccc(-c3ccc4c5c(cccc35)-c3c(-c5ccccc5)c(-c5ccc(-c6ccc(-c7nc8ccccc8n7-c7ccccc7)cc6)cc5)c(-c5ccc(-c6ccc(-c7nc8ccccc8n7-c7ccccc7)cc6)cc5)c(-c5ccccc5)c3-4)cc2)cc1. The molecule has 0 N–H and O–H groups in total. The maximum Gasteiger partial charge on any atom is 0.145 e. The minimum Gasteiger partial charge on any atom is -0.292 e. The van der Waals surface area contributed by atoms with Crippen molar-refractivity contribution in [1.82, 2.24) is 19.1 Å². The van der Waals surface area contributed by atoms with Crippen LogP contribution < -0.4 is 0 Å². The lowest BCUT2D eigenvalue weighted by atomic mass is 9.76. The molecule has 0 aliphatic heterocycles. The first-order valence-electron chi connectivity index (χ1n) is 32.2. The highest BCUT2D eigenvalue weighted by Gasteiger charge is 2.35. The van der Waals surface area contributed by atoms with Crippen molar-refractivity contribution in [2.24, 2.45) is 0 Å². The molecule has 1 aliphatic rings. The number of hydrogen-bond donors (Lipinski definition) is 0. The Morgan fingerprint density at radius 3 is 0.883 bits per heavy atom. The Bertz CT molecular complexity index is 5400. The molecule has 18 rings (SSSR count). The van der Waals surface area contributed by atoms with E-state index in [1.54, 1.807) is 0 Å². The van der Waals surface area contributed by atoms with Crippen molar-refractivity contribution in [3.63, 3.8) is 0 Å². The number of aromatic nitrogens is 4.